The lowest BCUT2D eigenvalue weighted by molar-refractivity contribution is 0.101. The molecular weight excluding hydrogens is 548 g/mol. The Labute approximate surface area is 240 Å². The number of ether oxygens (including phenoxy) is 1. The molecule has 0 radical (unpaired) electrons. The smallest absolute Gasteiger partial charge is 0.265 e. The molecule has 8 nitrogen and oxygen atoms in total. The van der Waals surface area contributed by atoms with Gasteiger partial charge in [-0.1, -0.05) is 23.7 Å². The van der Waals surface area contributed by atoms with Gasteiger partial charge in [0.05, 0.1) is 28.4 Å². The predicted octanol–water partition coefficient (Wildman–Crippen LogP) is 5.70. The highest BCUT2D eigenvalue weighted by atomic mass is 35.5. The van der Waals surface area contributed by atoms with E-state index in [0.29, 0.717) is 51.6 Å². The number of anilines is 3. The fraction of sp³-hybridized carbons (Fsp3) is 0.233. The first kappa shape index (κ1) is 26.2. The monoisotopic (exact) mass is 574 g/mol. The molecular formula is C30H27ClN4O4S. The molecule has 0 saturated carbocycles. The van der Waals surface area contributed by atoms with Gasteiger partial charge in [-0.15, -0.1) is 11.3 Å². The van der Waals surface area contributed by atoms with Crippen molar-refractivity contribution in [1.29, 1.82) is 0 Å². The van der Waals surface area contributed by atoms with Crippen LogP contribution in [0.4, 0.5) is 17.1 Å². The van der Waals surface area contributed by atoms with E-state index in [1.807, 2.05) is 34.2 Å². The first-order valence-corrected chi connectivity index (χ1v) is 14.2. The van der Waals surface area contributed by atoms with E-state index in [4.69, 9.17) is 16.3 Å². The number of piperidine rings is 1. The molecule has 1 saturated heterocycles. The Kier molecular flexibility index (Phi) is 7.08. The summed E-state index contributed by atoms with van der Waals surface area (Å²) in [6, 6.07) is 19.5. The molecule has 2 aliphatic heterocycles. The Bertz CT molecular complexity index is 1650. The number of pyridine rings is 1. The molecule has 2 atom stereocenters. The van der Waals surface area contributed by atoms with Crippen molar-refractivity contribution in [2.45, 2.75) is 18.9 Å². The van der Waals surface area contributed by atoms with Crippen LogP contribution in [0, 0.1) is 5.92 Å². The van der Waals surface area contributed by atoms with E-state index in [1.54, 1.807) is 42.5 Å². The number of nitrogens with one attached hydrogen (secondary N) is 2. The number of carbonyl (C=O) groups is 2. The minimum absolute atomic E-state index is 0.0399. The van der Waals surface area contributed by atoms with Gasteiger partial charge in [0.2, 0.25) is 0 Å². The van der Waals surface area contributed by atoms with Gasteiger partial charge in [0.15, 0.2) is 0 Å². The Morgan fingerprint density at radius 1 is 0.975 bits per heavy atom. The van der Waals surface area contributed by atoms with Crippen molar-refractivity contribution in [2.24, 2.45) is 5.92 Å². The van der Waals surface area contributed by atoms with E-state index >= 15 is 0 Å². The fourth-order valence-corrected chi connectivity index (χ4v) is 6.56. The molecule has 6 rings (SSSR count). The van der Waals surface area contributed by atoms with E-state index in [0.717, 1.165) is 24.3 Å². The summed E-state index contributed by atoms with van der Waals surface area (Å²) in [6.07, 6.45) is 1.02. The molecule has 204 valence electrons. The topological polar surface area (TPSA) is 92.7 Å². The van der Waals surface area contributed by atoms with Crippen LogP contribution in [0.3, 0.4) is 0 Å². The first-order valence-electron chi connectivity index (χ1n) is 13.0. The molecule has 2 aliphatic rings. The lowest BCUT2D eigenvalue weighted by Gasteiger charge is -2.44. The van der Waals surface area contributed by atoms with Crippen LogP contribution in [0.1, 0.15) is 38.1 Å². The molecule has 1 fully saturated rings. The first-order chi connectivity index (χ1) is 19.4. The average Bonchev–Trinajstić information content (AvgIpc) is 3.49. The van der Waals surface area contributed by atoms with Crippen molar-refractivity contribution in [3.05, 3.63) is 104 Å². The summed E-state index contributed by atoms with van der Waals surface area (Å²) < 4.78 is 7.09. The molecule has 2 amide bonds. The maximum absolute atomic E-state index is 13.2. The molecule has 2 aromatic carbocycles. The summed E-state index contributed by atoms with van der Waals surface area (Å²) in [6.45, 7) is 2.12. The van der Waals surface area contributed by atoms with Gasteiger partial charge in [-0.05, 0) is 66.2 Å². The summed E-state index contributed by atoms with van der Waals surface area (Å²) in [4.78, 5) is 41.6. The summed E-state index contributed by atoms with van der Waals surface area (Å²) in [5, 5.41) is 8.16. The summed E-state index contributed by atoms with van der Waals surface area (Å²) >= 11 is 7.59. The summed E-state index contributed by atoms with van der Waals surface area (Å²) in [5.74, 6) is 0.453. The van der Waals surface area contributed by atoms with Gasteiger partial charge >= 0.3 is 0 Å². The Balaban J connectivity index is 1.31. The number of methoxy groups -OCH3 is 1. The minimum atomic E-state index is -0.330. The summed E-state index contributed by atoms with van der Waals surface area (Å²) in [7, 11) is 1.53. The standard InChI is InChI=1S/C30H27ClN4O4S/c1-39-26-10-8-21(14-22(26)31)32-29(37)19-7-9-25(23(13-19)33-30(38)27-5-3-11-40-27)34-15-18-12-20(17-34)24-4-2-6-28(36)35(24)16-18/h2-11,13-14,18,20H,12,15-17H2,1H3,(H,32,37)(H,33,38)/t18-,20+/m1/s1. The zero-order valence-corrected chi connectivity index (χ0v) is 23.3. The molecule has 40 heavy (non-hydrogen) atoms. The van der Waals surface area contributed by atoms with Crippen LogP contribution >= 0.6 is 22.9 Å². The largest absolute Gasteiger partial charge is 0.495 e. The second-order valence-electron chi connectivity index (χ2n) is 10.1. The maximum Gasteiger partial charge on any atom is 0.265 e. The van der Waals surface area contributed by atoms with Crippen molar-refractivity contribution in [3.63, 3.8) is 0 Å². The quantitative estimate of drug-likeness (QED) is 0.308. The number of benzene rings is 2. The molecule has 10 heteroatoms. The van der Waals surface area contributed by atoms with Gasteiger partial charge in [-0.2, -0.15) is 0 Å². The van der Waals surface area contributed by atoms with E-state index < -0.39 is 0 Å². The number of halogens is 1. The van der Waals surface area contributed by atoms with Gasteiger partial charge < -0.3 is 24.8 Å². The van der Waals surface area contributed by atoms with Gasteiger partial charge in [0, 0.05) is 48.6 Å². The van der Waals surface area contributed by atoms with Crippen LogP contribution in [0.15, 0.2) is 76.9 Å². The third kappa shape index (κ3) is 5.10. The second kappa shape index (κ2) is 10.8. The third-order valence-corrected chi connectivity index (χ3v) is 8.65. The van der Waals surface area contributed by atoms with Crippen molar-refractivity contribution in [2.75, 3.05) is 35.7 Å². The van der Waals surface area contributed by atoms with Crippen LogP contribution < -0.4 is 25.8 Å². The van der Waals surface area contributed by atoms with Crippen LogP contribution in [0.5, 0.6) is 5.75 Å². The van der Waals surface area contributed by atoms with Crippen LogP contribution in [-0.2, 0) is 6.54 Å². The van der Waals surface area contributed by atoms with E-state index in [2.05, 4.69) is 15.5 Å². The number of fused-ring (bicyclic) bond motifs is 4. The van der Waals surface area contributed by atoms with Crippen molar-refractivity contribution in [1.82, 2.24) is 4.57 Å². The molecule has 0 aliphatic carbocycles. The number of thiophene rings is 1. The van der Waals surface area contributed by atoms with Crippen molar-refractivity contribution in [3.8, 4) is 5.75 Å². The van der Waals surface area contributed by atoms with Gasteiger partial charge in [0.1, 0.15) is 5.75 Å². The number of aromatic nitrogens is 1. The fourth-order valence-electron chi connectivity index (χ4n) is 5.69. The van der Waals surface area contributed by atoms with Crippen molar-refractivity contribution < 1.29 is 14.3 Å². The van der Waals surface area contributed by atoms with Crippen LogP contribution in [-0.4, -0.2) is 36.6 Å². The number of carbonyl (C=O) groups excluding carboxylic acids is 2. The zero-order valence-electron chi connectivity index (χ0n) is 21.7. The van der Waals surface area contributed by atoms with Crippen LogP contribution in [0.25, 0.3) is 0 Å². The number of hydrogen-bond donors (Lipinski definition) is 2. The highest BCUT2D eigenvalue weighted by molar-refractivity contribution is 7.12. The molecule has 0 spiro atoms. The number of hydrogen-bond acceptors (Lipinski definition) is 6. The average molecular weight is 575 g/mol. The van der Waals surface area contributed by atoms with Crippen molar-refractivity contribution >= 4 is 51.8 Å². The van der Waals surface area contributed by atoms with Gasteiger partial charge in [-0.25, -0.2) is 0 Å². The Morgan fingerprint density at radius 2 is 1.85 bits per heavy atom. The minimum Gasteiger partial charge on any atom is -0.495 e. The van der Waals surface area contributed by atoms with E-state index in [9.17, 15) is 14.4 Å². The molecule has 4 aromatic rings. The van der Waals surface area contributed by atoms with Crippen LogP contribution in [0.2, 0.25) is 5.02 Å². The normalized spacial score (nSPS) is 17.6. The molecule has 2 N–H and O–H groups in total. The third-order valence-electron chi connectivity index (χ3n) is 7.48. The van der Waals surface area contributed by atoms with E-state index in [-0.39, 0.29) is 23.3 Å². The maximum atomic E-state index is 13.2. The predicted molar refractivity (Wildman–Crippen MR) is 158 cm³/mol. The molecule has 4 heterocycles. The zero-order chi connectivity index (χ0) is 27.8. The Morgan fingerprint density at radius 3 is 2.62 bits per heavy atom. The van der Waals surface area contributed by atoms with E-state index in [1.165, 1.54) is 18.4 Å². The number of nitrogens with zero attached hydrogens (tertiary/aromatic N) is 2. The highest BCUT2D eigenvalue weighted by Crippen LogP contribution is 2.39. The molecule has 2 bridgehead atoms. The lowest BCUT2D eigenvalue weighted by Crippen LogP contribution is -2.47. The molecule has 2 aromatic heterocycles. The second-order valence-corrected chi connectivity index (χ2v) is 11.4. The number of rotatable bonds is 6. The SMILES string of the molecule is COc1ccc(NC(=O)c2ccc(N3C[C@H]4C[C@@H](C3)c3cccc(=O)n3C4)c(NC(=O)c3cccs3)c2)cc1Cl. The van der Waals surface area contributed by atoms with Gasteiger partial charge in [-0.3, -0.25) is 14.4 Å². The number of amides is 2. The lowest BCUT2D eigenvalue weighted by atomic mass is 9.83. The Hall–Kier alpha value is -4.08. The summed E-state index contributed by atoms with van der Waals surface area (Å²) in [5.41, 5.74) is 3.41. The molecule has 0 unspecified atom stereocenters. The van der Waals surface area contributed by atoms with Gasteiger partial charge in [0.25, 0.3) is 17.4 Å². The highest BCUT2D eigenvalue weighted by Gasteiger charge is 2.35.